The van der Waals surface area contributed by atoms with E-state index in [1.165, 1.54) is 24.8 Å². The highest BCUT2D eigenvalue weighted by atomic mass is 16.5. The maximum absolute atomic E-state index is 11.6. The minimum absolute atomic E-state index is 0.0339. The lowest BCUT2D eigenvalue weighted by Crippen LogP contribution is -2.35. The van der Waals surface area contributed by atoms with Gasteiger partial charge in [-0.1, -0.05) is 25.5 Å². The van der Waals surface area contributed by atoms with Crippen LogP contribution in [0.15, 0.2) is 23.8 Å². The summed E-state index contributed by atoms with van der Waals surface area (Å²) in [6, 6.07) is 0. The highest BCUT2D eigenvalue weighted by molar-refractivity contribution is 5.91. The Hall–Kier alpha value is -1.05. The average molecular weight is 232 g/mol. The number of hydrogen-bond donors (Lipinski definition) is 0. The first kappa shape index (κ1) is 11.1. The third-order valence-electron chi connectivity index (χ3n) is 5.34. The van der Waals surface area contributed by atoms with E-state index in [0.717, 1.165) is 12.3 Å². The van der Waals surface area contributed by atoms with Gasteiger partial charge in [-0.15, -0.1) is 0 Å². The highest BCUT2D eigenvalue weighted by Crippen LogP contribution is 2.57. The fourth-order valence-electron chi connectivity index (χ4n) is 4.12. The molecule has 0 aromatic carbocycles. The molecule has 0 unspecified atom stereocenters. The van der Waals surface area contributed by atoms with Crippen LogP contribution in [-0.2, 0) is 9.53 Å². The van der Waals surface area contributed by atoms with Crippen molar-refractivity contribution in [3.05, 3.63) is 23.8 Å². The van der Waals surface area contributed by atoms with Gasteiger partial charge in [-0.3, -0.25) is 0 Å². The van der Waals surface area contributed by atoms with E-state index >= 15 is 0 Å². The minimum Gasteiger partial charge on any atom is -0.454 e. The Labute approximate surface area is 103 Å². The SMILES string of the molecule is C=C1C(=O)O[C@@H]2C=C(C)[C@@]3(CCC[C@@H]3C)C[C@H]12. The van der Waals surface area contributed by atoms with Crippen molar-refractivity contribution in [3.63, 3.8) is 0 Å². The fraction of sp³-hybridized carbons (Fsp3) is 0.667. The fourth-order valence-corrected chi connectivity index (χ4v) is 4.12. The first-order valence-corrected chi connectivity index (χ1v) is 6.63. The van der Waals surface area contributed by atoms with Crippen molar-refractivity contribution in [1.82, 2.24) is 0 Å². The van der Waals surface area contributed by atoms with Crippen molar-refractivity contribution in [3.8, 4) is 0 Å². The van der Waals surface area contributed by atoms with Crippen LogP contribution in [0.2, 0.25) is 0 Å². The first-order valence-electron chi connectivity index (χ1n) is 6.63. The Morgan fingerprint density at radius 1 is 1.53 bits per heavy atom. The van der Waals surface area contributed by atoms with Gasteiger partial charge >= 0.3 is 5.97 Å². The molecule has 1 saturated carbocycles. The molecule has 4 atom stereocenters. The molecule has 0 aromatic heterocycles. The molecular formula is C15H20O2. The van der Waals surface area contributed by atoms with Crippen LogP contribution in [0, 0.1) is 17.3 Å². The smallest absolute Gasteiger partial charge is 0.334 e. The minimum atomic E-state index is -0.188. The molecule has 0 amide bonds. The maximum Gasteiger partial charge on any atom is 0.334 e. The van der Waals surface area contributed by atoms with E-state index in [9.17, 15) is 4.79 Å². The second-order valence-electron chi connectivity index (χ2n) is 6.00. The lowest BCUT2D eigenvalue weighted by atomic mass is 9.63. The molecule has 0 aromatic rings. The van der Waals surface area contributed by atoms with E-state index in [0.29, 0.717) is 11.0 Å². The van der Waals surface area contributed by atoms with Gasteiger partial charge in [0.05, 0.1) is 0 Å². The predicted octanol–water partition coefficient (Wildman–Crippen LogP) is 3.24. The number of carbonyl (C=O) groups is 1. The molecule has 0 bridgehead atoms. The van der Waals surface area contributed by atoms with Crippen LogP contribution in [0.4, 0.5) is 0 Å². The predicted molar refractivity (Wildman–Crippen MR) is 66.3 cm³/mol. The average Bonchev–Trinajstić information content (AvgIpc) is 2.76. The largest absolute Gasteiger partial charge is 0.454 e. The zero-order valence-electron chi connectivity index (χ0n) is 10.7. The molecule has 2 heteroatoms. The van der Waals surface area contributed by atoms with Gasteiger partial charge in [-0.25, -0.2) is 4.79 Å². The van der Waals surface area contributed by atoms with Crippen molar-refractivity contribution >= 4 is 5.97 Å². The van der Waals surface area contributed by atoms with Crippen LogP contribution in [0.1, 0.15) is 39.5 Å². The maximum atomic E-state index is 11.6. The summed E-state index contributed by atoms with van der Waals surface area (Å²) in [6.07, 6.45) is 7.10. The van der Waals surface area contributed by atoms with Gasteiger partial charge in [0.15, 0.2) is 0 Å². The Bertz CT molecular complexity index is 421. The standard InChI is InChI=1S/C15H20O2/c1-9-5-4-6-15(9)8-12-11(3)14(16)17-13(12)7-10(15)2/h7,9,12-13H,3-6,8H2,1-2H3/t9-,12+,13+,15-/m0/s1. The summed E-state index contributed by atoms with van der Waals surface area (Å²) in [4.78, 5) is 11.6. The molecule has 2 aliphatic carbocycles. The monoisotopic (exact) mass is 232 g/mol. The van der Waals surface area contributed by atoms with E-state index < -0.39 is 0 Å². The second kappa shape index (κ2) is 3.47. The molecule has 2 fully saturated rings. The van der Waals surface area contributed by atoms with Gasteiger partial charge in [0.25, 0.3) is 0 Å². The number of carbonyl (C=O) groups excluding carboxylic acids is 1. The number of allylic oxidation sites excluding steroid dienone is 1. The van der Waals surface area contributed by atoms with E-state index in [1.54, 1.807) is 0 Å². The summed E-state index contributed by atoms with van der Waals surface area (Å²) in [6.45, 7) is 8.49. The van der Waals surface area contributed by atoms with Gasteiger partial charge in [0.1, 0.15) is 6.10 Å². The van der Waals surface area contributed by atoms with Crippen LogP contribution in [-0.4, -0.2) is 12.1 Å². The van der Waals surface area contributed by atoms with Gasteiger partial charge < -0.3 is 4.74 Å². The highest BCUT2D eigenvalue weighted by Gasteiger charge is 2.51. The Morgan fingerprint density at radius 3 is 2.94 bits per heavy atom. The summed E-state index contributed by atoms with van der Waals surface area (Å²) >= 11 is 0. The topological polar surface area (TPSA) is 26.3 Å². The van der Waals surface area contributed by atoms with Gasteiger partial charge in [0.2, 0.25) is 0 Å². The van der Waals surface area contributed by atoms with Gasteiger partial charge in [0, 0.05) is 11.5 Å². The molecule has 3 aliphatic rings. The molecule has 1 heterocycles. The molecule has 0 radical (unpaired) electrons. The lowest BCUT2D eigenvalue weighted by molar-refractivity contribution is -0.137. The molecule has 1 aliphatic heterocycles. The Morgan fingerprint density at radius 2 is 2.29 bits per heavy atom. The summed E-state index contributed by atoms with van der Waals surface area (Å²) in [7, 11) is 0. The normalized spacial score (nSPS) is 44.8. The number of fused-ring (bicyclic) bond motifs is 1. The molecule has 92 valence electrons. The molecule has 1 spiro atoms. The zero-order valence-corrected chi connectivity index (χ0v) is 10.7. The quantitative estimate of drug-likeness (QED) is 0.364. The van der Waals surface area contributed by atoms with Crippen molar-refractivity contribution in [2.75, 3.05) is 0 Å². The Balaban J connectivity index is 1.99. The third kappa shape index (κ3) is 1.36. The Kier molecular flexibility index (Phi) is 2.26. The van der Waals surface area contributed by atoms with Gasteiger partial charge in [-0.05, 0) is 43.6 Å². The van der Waals surface area contributed by atoms with Crippen LogP contribution < -0.4 is 0 Å². The van der Waals surface area contributed by atoms with Crippen molar-refractivity contribution in [2.24, 2.45) is 17.3 Å². The van der Waals surface area contributed by atoms with Gasteiger partial charge in [-0.2, -0.15) is 0 Å². The van der Waals surface area contributed by atoms with Crippen molar-refractivity contribution in [1.29, 1.82) is 0 Å². The number of esters is 1. The molecule has 2 nitrogen and oxygen atoms in total. The van der Waals surface area contributed by atoms with Crippen molar-refractivity contribution in [2.45, 2.75) is 45.6 Å². The number of hydrogen-bond acceptors (Lipinski definition) is 2. The van der Waals surface area contributed by atoms with E-state index in [2.05, 4.69) is 26.5 Å². The summed E-state index contributed by atoms with van der Waals surface area (Å²) in [5.74, 6) is 0.765. The lowest BCUT2D eigenvalue weighted by Gasteiger charge is -2.41. The van der Waals surface area contributed by atoms with Crippen LogP contribution in [0.5, 0.6) is 0 Å². The molecular weight excluding hydrogens is 212 g/mol. The van der Waals surface area contributed by atoms with E-state index in [4.69, 9.17) is 4.74 Å². The third-order valence-corrected chi connectivity index (χ3v) is 5.34. The van der Waals surface area contributed by atoms with Crippen molar-refractivity contribution < 1.29 is 9.53 Å². The van der Waals surface area contributed by atoms with E-state index in [1.807, 2.05) is 0 Å². The molecule has 17 heavy (non-hydrogen) atoms. The van der Waals surface area contributed by atoms with Crippen LogP contribution >= 0.6 is 0 Å². The summed E-state index contributed by atoms with van der Waals surface area (Å²) in [5, 5.41) is 0. The number of rotatable bonds is 0. The summed E-state index contributed by atoms with van der Waals surface area (Å²) in [5.41, 5.74) is 2.45. The van der Waals surface area contributed by atoms with Crippen LogP contribution in [0.25, 0.3) is 0 Å². The second-order valence-corrected chi connectivity index (χ2v) is 6.00. The molecule has 1 saturated heterocycles. The first-order chi connectivity index (χ1) is 8.04. The van der Waals surface area contributed by atoms with Crippen LogP contribution in [0.3, 0.4) is 0 Å². The molecule has 0 N–H and O–H groups in total. The summed E-state index contributed by atoms with van der Waals surface area (Å²) < 4.78 is 5.37. The zero-order chi connectivity index (χ0) is 12.2. The van der Waals surface area contributed by atoms with E-state index in [-0.39, 0.29) is 18.0 Å². The molecule has 3 rings (SSSR count). The number of ether oxygens (including phenoxy) is 1.